The van der Waals surface area contributed by atoms with E-state index < -0.39 is 21.9 Å². The summed E-state index contributed by atoms with van der Waals surface area (Å²) in [6.45, 7) is 1.32. The molecule has 2 aliphatic heterocycles. The molecule has 5 N–H and O–H groups in total. The summed E-state index contributed by atoms with van der Waals surface area (Å²) in [6, 6.07) is 10.6. The molecule has 0 saturated carbocycles. The lowest BCUT2D eigenvalue weighted by molar-refractivity contribution is 0.0253. The van der Waals surface area contributed by atoms with Gasteiger partial charge >= 0.3 is 0 Å². The maximum atomic E-state index is 11.2. The van der Waals surface area contributed by atoms with Gasteiger partial charge in [0.05, 0.1) is 38.3 Å². The fourth-order valence-corrected chi connectivity index (χ4v) is 4.68. The molecular weight excluding hydrogens is 488 g/mol. The zero-order chi connectivity index (χ0) is 26.3. The number of hydrogen-bond donors (Lipinski definition) is 3. The fraction of sp³-hybridized carbons (Fsp3) is 0.440. The number of rotatable bonds is 8. The number of nitrogens with two attached hydrogens (primary N) is 2. The van der Waals surface area contributed by atoms with Crippen LogP contribution in [-0.4, -0.2) is 58.0 Å². The molecule has 0 fully saturated rings. The second-order valence-corrected chi connectivity index (χ2v) is 10.2. The first-order chi connectivity index (χ1) is 17.1. The number of benzene rings is 2. The number of carbonyl (C=O) groups is 2. The van der Waals surface area contributed by atoms with Crippen molar-refractivity contribution in [2.75, 3.05) is 32.7 Å². The van der Waals surface area contributed by atoms with Gasteiger partial charge in [0.25, 0.3) is 10.1 Å². The monoisotopic (exact) mass is 520 g/mol. The zero-order valence-corrected chi connectivity index (χ0v) is 21.0. The molecule has 0 aliphatic carbocycles. The van der Waals surface area contributed by atoms with Gasteiger partial charge in [-0.25, -0.2) is 0 Å². The van der Waals surface area contributed by atoms with Gasteiger partial charge in [-0.3, -0.25) is 13.8 Å². The van der Waals surface area contributed by atoms with Crippen LogP contribution in [0.5, 0.6) is 0 Å². The molecule has 2 aliphatic rings. The van der Waals surface area contributed by atoms with Crippen LogP contribution in [0, 0.1) is 0 Å². The van der Waals surface area contributed by atoms with Crippen molar-refractivity contribution in [2.45, 2.75) is 37.9 Å². The quantitative estimate of drug-likeness (QED) is 0.441. The van der Waals surface area contributed by atoms with E-state index in [9.17, 15) is 18.0 Å². The first-order valence-electron chi connectivity index (χ1n) is 11.6. The number of hydrogen-bond acceptors (Lipinski definition) is 8. The van der Waals surface area contributed by atoms with Crippen molar-refractivity contribution >= 4 is 21.9 Å². The van der Waals surface area contributed by atoms with Gasteiger partial charge in [0, 0.05) is 30.6 Å². The summed E-state index contributed by atoms with van der Waals surface area (Å²) >= 11 is 0. The van der Waals surface area contributed by atoms with Crippen LogP contribution in [0.25, 0.3) is 0 Å². The largest absolute Gasteiger partial charge is 0.396 e. The van der Waals surface area contributed by atoms with Crippen LogP contribution in [0.15, 0.2) is 36.4 Å². The average Bonchev–Trinajstić information content (AvgIpc) is 2.83. The number of amides is 2. The predicted molar refractivity (Wildman–Crippen MR) is 132 cm³/mol. The molecule has 0 spiro atoms. The Hall–Kier alpha value is -2.83. The van der Waals surface area contributed by atoms with Crippen molar-refractivity contribution in [3.63, 3.8) is 0 Å². The molecule has 0 radical (unpaired) electrons. The van der Waals surface area contributed by atoms with Crippen LogP contribution in [0.2, 0.25) is 0 Å². The number of primary amides is 2. The van der Waals surface area contributed by atoms with Gasteiger partial charge in [-0.15, -0.1) is 0 Å². The van der Waals surface area contributed by atoms with Crippen LogP contribution < -0.4 is 11.5 Å². The van der Waals surface area contributed by atoms with Gasteiger partial charge in [0.1, 0.15) is 0 Å². The lowest BCUT2D eigenvalue weighted by Crippen LogP contribution is -2.20. The highest BCUT2D eigenvalue weighted by atomic mass is 32.2. The SMILES string of the molecule is CS(=O)(=O)OCC[C@@H]1OCCc2cc(C(N)=O)ccc21.NC(=O)c1ccc2c(c1)CCO[C@H]2CCO. The fourth-order valence-electron chi connectivity index (χ4n) is 4.28. The highest BCUT2D eigenvalue weighted by Gasteiger charge is 2.23. The highest BCUT2D eigenvalue weighted by Crippen LogP contribution is 2.31. The molecule has 2 aromatic rings. The maximum absolute atomic E-state index is 11.2. The number of fused-ring (bicyclic) bond motifs is 2. The third-order valence-electron chi connectivity index (χ3n) is 6.00. The third-order valence-corrected chi connectivity index (χ3v) is 6.59. The Labute approximate surface area is 210 Å². The van der Waals surface area contributed by atoms with Crippen LogP contribution in [0.4, 0.5) is 0 Å². The summed E-state index contributed by atoms with van der Waals surface area (Å²) in [5.41, 5.74) is 15.6. The van der Waals surface area contributed by atoms with E-state index in [2.05, 4.69) is 0 Å². The summed E-state index contributed by atoms with van der Waals surface area (Å²) in [6.07, 6.45) is 3.26. The molecule has 2 aromatic carbocycles. The summed E-state index contributed by atoms with van der Waals surface area (Å²) in [5.74, 6) is -0.871. The lowest BCUT2D eigenvalue weighted by atomic mass is 9.94. The Morgan fingerprint density at radius 2 is 1.39 bits per heavy atom. The van der Waals surface area contributed by atoms with Crippen molar-refractivity contribution < 1.29 is 36.8 Å². The number of aliphatic hydroxyl groups is 1. The van der Waals surface area contributed by atoms with Crippen molar-refractivity contribution in [2.24, 2.45) is 11.5 Å². The Bertz CT molecular complexity index is 1200. The summed E-state index contributed by atoms with van der Waals surface area (Å²) < 4.78 is 37.8. The summed E-state index contributed by atoms with van der Waals surface area (Å²) in [4.78, 5) is 22.2. The standard InChI is InChI=1S/C13H17NO5S.C12H15NO3/c1-20(16,17)19-7-5-12-11-3-2-10(13(14)15)8-9(11)4-6-18-12;13-12(15)9-1-2-10-8(7-9)4-6-16-11(10)3-5-14/h2-3,8,12H,4-7H2,1H3,(H2,14,15);1-2,7,11,14H,3-6H2,(H2,13,15)/t12-;11-/m00/s1. The molecule has 2 atom stereocenters. The molecule has 0 unspecified atom stereocenters. The van der Waals surface area contributed by atoms with Crippen LogP contribution >= 0.6 is 0 Å². The maximum Gasteiger partial charge on any atom is 0.264 e. The van der Waals surface area contributed by atoms with E-state index in [4.69, 9.17) is 30.2 Å². The molecule has 10 nitrogen and oxygen atoms in total. The normalized spacial score (nSPS) is 18.8. The number of carbonyl (C=O) groups excluding carboxylic acids is 2. The summed E-state index contributed by atoms with van der Waals surface area (Å²) in [5, 5.41) is 8.93. The van der Waals surface area contributed by atoms with Crippen molar-refractivity contribution in [3.8, 4) is 0 Å². The first-order valence-corrected chi connectivity index (χ1v) is 13.4. The van der Waals surface area contributed by atoms with Crippen LogP contribution in [0.1, 0.15) is 68.0 Å². The molecule has 0 aromatic heterocycles. The Balaban J connectivity index is 0.000000205. The second kappa shape index (κ2) is 12.4. The molecule has 0 bridgehead atoms. The van der Waals surface area contributed by atoms with Crippen molar-refractivity contribution in [1.29, 1.82) is 0 Å². The zero-order valence-electron chi connectivity index (χ0n) is 20.1. The predicted octanol–water partition coefficient (Wildman–Crippen LogP) is 1.55. The Morgan fingerprint density at radius 1 is 0.917 bits per heavy atom. The van der Waals surface area contributed by atoms with Crippen molar-refractivity contribution in [1.82, 2.24) is 0 Å². The molecule has 2 heterocycles. The third kappa shape index (κ3) is 7.58. The Kier molecular flexibility index (Phi) is 9.57. The Morgan fingerprint density at radius 3 is 1.81 bits per heavy atom. The van der Waals surface area contributed by atoms with E-state index in [1.165, 1.54) is 0 Å². The molecule has 2 amide bonds. The van der Waals surface area contributed by atoms with Crippen LogP contribution in [-0.2, 0) is 36.6 Å². The second-order valence-electron chi connectivity index (χ2n) is 8.60. The van der Waals surface area contributed by atoms with E-state index in [0.717, 1.165) is 34.9 Å². The van der Waals surface area contributed by atoms with Gasteiger partial charge in [-0.05, 0) is 59.4 Å². The van der Waals surface area contributed by atoms with E-state index in [0.29, 0.717) is 43.6 Å². The van der Waals surface area contributed by atoms with Crippen molar-refractivity contribution in [3.05, 3.63) is 69.8 Å². The van der Waals surface area contributed by atoms with E-state index in [1.54, 1.807) is 24.3 Å². The van der Waals surface area contributed by atoms with Gasteiger partial charge in [0.15, 0.2) is 0 Å². The first kappa shape index (κ1) is 27.8. The van der Waals surface area contributed by atoms with E-state index >= 15 is 0 Å². The number of ether oxygens (including phenoxy) is 2. The molecule has 36 heavy (non-hydrogen) atoms. The van der Waals surface area contributed by atoms with E-state index in [-0.39, 0.29) is 25.4 Å². The minimum absolute atomic E-state index is 0.0596. The van der Waals surface area contributed by atoms with Gasteiger partial charge in [-0.1, -0.05) is 12.1 Å². The van der Waals surface area contributed by atoms with Gasteiger partial charge in [-0.2, -0.15) is 8.42 Å². The molecule has 0 saturated heterocycles. The molecule has 4 rings (SSSR count). The van der Waals surface area contributed by atoms with Crippen LogP contribution in [0.3, 0.4) is 0 Å². The lowest BCUT2D eigenvalue weighted by Gasteiger charge is -2.26. The van der Waals surface area contributed by atoms with E-state index in [1.807, 2.05) is 12.1 Å². The molecule has 196 valence electrons. The minimum atomic E-state index is -3.44. The minimum Gasteiger partial charge on any atom is -0.396 e. The molecular formula is C25H32N2O8S. The van der Waals surface area contributed by atoms with Gasteiger partial charge < -0.3 is 26.0 Å². The summed E-state index contributed by atoms with van der Waals surface area (Å²) in [7, 11) is -3.44. The number of aliphatic hydroxyl groups excluding tert-OH is 1. The smallest absolute Gasteiger partial charge is 0.264 e. The molecule has 11 heteroatoms. The van der Waals surface area contributed by atoms with Gasteiger partial charge in [0.2, 0.25) is 11.8 Å². The average molecular weight is 521 g/mol. The highest BCUT2D eigenvalue weighted by molar-refractivity contribution is 7.85. The topological polar surface area (TPSA) is 168 Å².